The number of aryl methyl sites for hydroxylation is 2. The van der Waals surface area contributed by atoms with Crippen molar-refractivity contribution in [1.29, 1.82) is 0 Å². The van der Waals surface area contributed by atoms with Gasteiger partial charge >= 0.3 is 5.97 Å². The summed E-state index contributed by atoms with van der Waals surface area (Å²) in [6, 6.07) is 7.08. The number of halogens is 2. The Bertz CT molecular complexity index is 1110. The zero-order chi connectivity index (χ0) is 23.3. The van der Waals surface area contributed by atoms with Gasteiger partial charge in [0.2, 0.25) is 0 Å². The van der Waals surface area contributed by atoms with Crippen molar-refractivity contribution in [1.82, 2.24) is 9.97 Å². The van der Waals surface area contributed by atoms with Gasteiger partial charge in [0.25, 0.3) is 0 Å². The summed E-state index contributed by atoms with van der Waals surface area (Å²) in [5.74, 6) is -3.21. The molecule has 0 aliphatic heterocycles. The van der Waals surface area contributed by atoms with Crippen molar-refractivity contribution in [3.63, 3.8) is 0 Å². The summed E-state index contributed by atoms with van der Waals surface area (Å²) in [5, 5.41) is 9.32. The van der Waals surface area contributed by atoms with Gasteiger partial charge in [-0.15, -0.1) is 0 Å². The van der Waals surface area contributed by atoms with E-state index in [9.17, 15) is 18.7 Å². The Morgan fingerprint density at radius 3 is 2.34 bits per heavy atom. The van der Waals surface area contributed by atoms with Crippen molar-refractivity contribution in [2.75, 3.05) is 20.8 Å². The summed E-state index contributed by atoms with van der Waals surface area (Å²) >= 11 is 0. The Morgan fingerprint density at radius 1 is 1.03 bits per heavy atom. The summed E-state index contributed by atoms with van der Waals surface area (Å²) < 4.78 is 38.6. The van der Waals surface area contributed by atoms with E-state index in [1.807, 2.05) is 0 Å². The largest absolute Gasteiger partial charge is 0.491 e. The number of hydrogen-bond donors (Lipinski definition) is 1. The molecule has 0 amide bonds. The van der Waals surface area contributed by atoms with E-state index < -0.39 is 23.4 Å². The van der Waals surface area contributed by atoms with Gasteiger partial charge < -0.3 is 14.6 Å². The molecule has 0 unspecified atom stereocenters. The van der Waals surface area contributed by atoms with Crippen LogP contribution in [-0.4, -0.2) is 41.9 Å². The Labute approximate surface area is 184 Å². The van der Waals surface area contributed by atoms with E-state index in [0.29, 0.717) is 35.5 Å². The molecule has 6 nitrogen and oxygen atoms in total. The Balaban J connectivity index is 2.11. The fraction of sp³-hybridized carbons (Fsp3) is 0.292. The number of carboxylic acids is 1. The smallest absolute Gasteiger partial charge is 0.335 e. The molecule has 0 atom stereocenters. The maximum atomic E-state index is 14.4. The lowest BCUT2D eigenvalue weighted by Crippen LogP contribution is -2.03. The lowest BCUT2D eigenvalue weighted by Gasteiger charge is -2.13. The summed E-state index contributed by atoms with van der Waals surface area (Å²) in [7, 11) is 2.83. The second-order valence-corrected chi connectivity index (χ2v) is 7.32. The van der Waals surface area contributed by atoms with Gasteiger partial charge in [0.15, 0.2) is 17.4 Å². The SMILES string of the molecule is COCCCCc1cnc(-c2cc(F)c(OC)c(F)c2)c(-c2ccc(C(=O)O)c(C)c2)n1. The summed E-state index contributed by atoms with van der Waals surface area (Å²) in [4.78, 5) is 20.6. The first kappa shape index (κ1) is 23.3. The van der Waals surface area contributed by atoms with Crippen LogP contribution in [0.5, 0.6) is 5.75 Å². The third-order valence-electron chi connectivity index (χ3n) is 5.06. The third kappa shape index (κ3) is 5.08. The Morgan fingerprint density at radius 2 is 1.75 bits per heavy atom. The fourth-order valence-corrected chi connectivity index (χ4v) is 3.45. The second-order valence-electron chi connectivity index (χ2n) is 7.32. The first-order chi connectivity index (χ1) is 15.3. The number of nitrogens with zero attached hydrogens (tertiary/aromatic N) is 2. The number of aromatic nitrogens is 2. The number of aromatic carboxylic acids is 1. The van der Waals surface area contributed by atoms with Crippen LogP contribution < -0.4 is 4.74 Å². The van der Waals surface area contributed by atoms with Gasteiger partial charge in [0.05, 0.1) is 29.8 Å². The van der Waals surface area contributed by atoms with E-state index in [4.69, 9.17) is 14.5 Å². The zero-order valence-electron chi connectivity index (χ0n) is 18.1. The zero-order valence-corrected chi connectivity index (χ0v) is 18.1. The van der Waals surface area contributed by atoms with E-state index in [-0.39, 0.29) is 16.8 Å². The van der Waals surface area contributed by atoms with Crippen LogP contribution in [0.3, 0.4) is 0 Å². The average Bonchev–Trinajstić information content (AvgIpc) is 2.76. The molecular formula is C24H24F2N2O4. The number of carboxylic acid groups (broad SMARTS) is 1. The fourth-order valence-electron chi connectivity index (χ4n) is 3.45. The normalized spacial score (nSPS) is 10.9. The first-order valence-electron chi connectivity index (χ1n) is 10.1. The number of ether oxygens (including phenoxy) is 2. The monoisotopic (exact) mass is 442 g/mol. The molecule has 3 rings (SSSR count). The minimum Gasteiger partial charge on any atom is -0.491 e. The van der Waals surface area contributed by atoms with Crippen molar-refractivity contribution >= 4 is 5.97 Å². The topological polar surface area (TPSA) is 81.5 Å². The van der Waals surface area contributed by atoms with Crippen molar-refractivity contribution in [2.24, 2.45) is 0 Å². The lowest BCUT2D eigenvalue weighted by molar-refractivity contribution is 0.0696. The number of methoxy groups -OCH3 is 2. The molecule has 168 valence electrons. The van der Waals surface area contributed by atoms with Gasteiger partial charge in [0.1, 0.15) is 0 Å². The van der Waals surface area contributed by atoms with E-state index in [0.717, 1.165) is 25.0 Å². The van der Waals surface area contributed by atoms with Crippen molar-refractivity contribution < 1.29 is 28.2 Å². The van der Waals surface area contributed by atoms with Crippen molar-refractivity contribution in [3.05, 3.63) is 65.0 Å². The highest BCUT2D eigenvalue weighted by atomic mass is 19.1. The molecule has 1 N–H and O–H groups in total. The van der Waals surface area contributed by atoms with E-state index in [2.05, 4.69) is 4.98 Å². The third-order valence-corrected chi connectivity index (χ3v) is 5.06. The van der Waals surface area contributed by atoms with Crippen LogP contribution in [-0.2, 0) is 11.2 Å². The number of carbonyl (C=O) groups is 1. The molecular weight excluding hydrogens is 418 g/mol. The second kappa shape index (κ2) is 10.3. The molecule has 3 aromatic rings. The highest BCUT2D eigenvalue weighted by Crippen LogP contribution is 2.34. The van der Waals surface area contributed by atoms with Crippen LogP contribution in [0.15, 0.2) is 36.5 Å². The molecule has 0 fully saturated rings. The molecule has 0 aliphatic rings. The van der Waals surface area contributed by atoms with Crippen LogP contribution in [0.2, 0.25) is 0 Å². The van der Waals surface area contributed by atoms with Gasteiger partial charge in [-0.05, 0) is 56.0 Å². The molecule has 0 radical (unpaired) electrons. The number of hydrogen-bond acceptors (Lipinski definition) is 5. The Kier molecular flexibility index (Phi) is 7.48. The Hall–Kier alpha value is -3.39. The van der Waals surface area contributed by atoms with Gasteiger partial charge in [-0.1, -0.05) is 6.07 Å². The van der Waals surface area contributed by atoms with Crippen LogP contribution in [0.4, 0.5) is 8.78 Å². The first-order valence-corrected chi connectivity index (χ1v) is 10.1. The molecule has 1 heterocycles. The average molecular weight is 442 g/mol. The summed E-state index contributed by atoms with van der Waals surface area (Å²) in [6.07, 6.45) is 3.94. The van der Waals surface area contributed by atoms with Crippen LogP contribution in [0.25, 0.3) is 22.5 Å². The van der Waals surface area contributed by atoms with Gasteiger partial charge in [-0.3, -0.25) is 4.98 Å². The maximum Gasteiger partial charge on any atom is 0.335 e. The number of rotatable bonds is 9. The molecule has 0 aliphatic carbocycles. The molecule has 0 saturated carbocycles. The molecule has 0 bridgehead atoms. The molecule has 0 saturated heterocycles. The minimum absolute atomic E-state index is 0.167. The molecule has 32 heavy (non-hydrogen) atoms. The van der Waals surface area contributed by atoms with Crippen molar-refractivity contribution in [3.8, 4) is 28.3 Å². The quantitative estimate of drug-likeness (QED) is 0.466. The highest BCUT2D eigenvalue weighted by molar-refractivity contribution is 5.90. The van der Waals surface area contributed by atoms with E-state index >= 15 is 0 Å². The van der Waals surface area contributed by atoms with E-state index in [1.165, 1.54) is 13.2 Å². The van der Waals surface area contributed by atoms with Crippen molar-refractivity contribution in [2.45, 2.75) is 26.2 Å². The summed E-state index contributed by atoms with van der Waals surface area (Å²) in [6.45, 7) is 2.32. The standard InChI is InChI=1S/C24H24F2N2O4/c1-14-10-15(7-8-18(14)24(29)30)22-21(16-11-19(25)23(32-3)20(26)12-16)27-13-17(28-22)6-4-5-9-31-2/h7-8,10-13H,4-6,9H2,1-3H3,(H,29,30). The lowest BCUT2D eigenvalue weighted by atomic mass is 9.99. The van der Waals surface area contributed by atoms with E-state index in [1.54, 1.807) is 32.4 Å². The molecule has 1 aromatic heterocycles. The minimum atomic E-state index is -1.04. The van der Waals surface area contributed by atoms with Crippen LogP contribution >= 0.6 is 0 Å². The van der Waals surface area contributed by atoms with Gasteiger partial charge in [-0.2, -0.15) is 0 Å². The molecule has 2 aromatic carbocycles. The number of benzene rings is 2. The predicted molar refractivity (Wildman–Crippen MR) is 116 cm³/mol. The maximum absolute atomic E-state index is 14.4. The van der Waals surface area contributed by atoms with Gasteiger partial charge in [0, 0.05) is 31.0 Å². The molecule has 0 spiro atoms. The predicted octanol–water partition coefficient (Wildman–Crippen LogP) is 5.07. The molecule has 8 heteroatoms. The summed E-state index contributed by atoms with van der Waals surface area (Å²) in [5.41, 5.74) is 2.93. The number of unbranched alkanes of at least 4 members (excludes halogenated alkanes) is 1. The van der Waals surface area contributed by atoms with Crippen LogP contribution in [0.1, 0.15) is 34.5 Å². The van der Waals surface area contributed by atoms with Crippen LogP contribution in [0, 0.1) is 18.6 Å². The highest BCUT2D eigenvalue weighted by Gasteiger charge is 2.19. The van der Waals surface area contributed by atoms with Gasteiger partial charge in [-0.25, -0.2) is 18.6 Å².